The number of imidazole rings is 1. The molecule has 0 saturated carbocycles. The van der Waals surface area contributed by atoms with Crippen molar-refractivity contribution in [3.8, 4) is 16.9 Å². The maximum absolute atomic E-state index is 11.2. The Morgan fingerprint density at radius 1 is 1.21 bits per heavy atom. The molecule has 1 heterocycles. The third kappa shape index (κ3) is 3.47. The zero-order valence-electron chi connectivity index (χ0n) is 13.1. The monoisotopic (exact) mass is 357 g/mol. The number of nitrogens with zero attached hydrogens (tertiary/aromatic N) is 2. The number of nitrogens with two attached hydrogens (primary N) is 1. The van der Waals surface area contributed by atoms with Crippen LogP contribution >= 0.6 is 23.4 Å². The minimum Gasteiger partial charge on any atom is -0.369 e. The summed E-state index contributed by atoms with van der Waals surface area (Å²) in [6.45, 7) is 2.05. The number of primary amides is 1. The van der Waals surface area contributed by atoms with E-state index < -0.39 is 0 Å². The normalized spacial score (nSPS) is 10.8. The minimum absolute atomic E-state index is 0.183. The number of aryl methyl sites for hydroxylation is 1. The minimum atomic E-state index is -0.368. The summed E-state index contributed by atoms with van der Waals surface area (Å²) >= 11 is 7.32. The number of carbonyl (C=O) groups is 1. The molecule has 0 bridgehead atoms. The SMILES string of the molecule is Cc1ccccc1-n1c(-c2ccc(Cl)cc2)cnc1SCC(N)=O. The summed E-state index contributed by atoms with van der Waals surface area (Å²) in [5.74, 6) is -0.185. The van der Waals surface area contributed by atoms with Crippen LogP contribution < -0.4 is 5.73 Å². The van der Waals surface area contributed by atoms with Crippen molar-refractivity contribution in [3.63, 3.8) is 0 Å². The van der Waals surface area contributed by atoms with Gasteiger partial charge in [-0.15, -0.1) is 0 Å². The molecule has 1 amide bonds. The highest BCUT2D eigenvalue weighted by atomic mass is 35.5. The van der Waals surface area contributed by atoms with E-state index in [0.29, 0.717) is 5.02 Å². The van der Waals surface area contributed by atoms with E-state index in [1.54, 1.807) is 6.20 Å². The summed E-state index contributed by atoms with van der Waals surface area (Å²) < 4.78 is 2.05. The molecule has 6 heteroatoms. The number of carbonyl (C=O) groups excluding carboxylic acids is 1. The number of para-hydroxylation sites is 1. The first-order chi connectivity index (χ1) is 11.6. The molecule has 1 aromatic heterocycles. The van der Waals surface area contributed by atoms with Crippen LogP contribution in [0.5, 0.6) is 0 Å². The molecular weight excluding hydrogens is 342 g/mol. The number of hydrogen-bond acceptors (Lipinski definition) is 3. The van der Waals surface area contributed by atoms with E-state index in [0.717, 1.165) is 27.7 Å². The number of amides is 1. The largest absolute Gasteiger partial charge is 0.369 e. The van der Waals surface area contributed by atoms with Gasteiger partial charge in [-0.2, -0.15) is 0 Å². The quantitative estimate of drug-likeness (QED) is 0.700. The van der Waals surface area contributed by atoms with Crippen molar-refractivity contribution in [2.24, 2.45) is 5.73 Å². The number of rotatable bonds is 5. The summed E-state index contributed by atoms with van der Waals surface area (Å²) in [4.78, 5) is 15.6. The first kappa shape index (κ1) is 16.6. The highest BCUT2D eigenvalue weighted by Crippen LogP contribution is 2.31. The Hall–Kier alpha value is -2.24. The van der Waals surface area contributed by atoms with Crippen LogP contribution in [-0.4, -0.2) is 21.2 Å². The lowest BCUT2D eigenvalue weighted by Crippen LogP contribution is -2.13. The predicted octanol–water partition coefficient (Wildman–Crippen LogP) is 4.08. The van der Waals surface area contributed by atoms with Crippen LogP contribution in [-0.2, 0) is 4.79 Å². The van der Waals surface area contributed by atoms with Crippen molar-refractivity contribution in [2.45, 2.75) is 12.1 Å². The van der Waals surface area contributed by atoms with Gasteiger partial charge < -0.3 is 5.73 Å². The Labute approximate surface area is 149 Å². The number of hydrogen-bond donors (Lipinski definition) is 1. The van der Waals surface area contributed by atoms with E-state index in [4.69, 9.17) is 17.3 Å². The highest BCUT2D eigenvalue weighted by molar-refractivity contribution is 7.99. The molecule has 0 aliphatic rings. The van der Waals surface area contributed by atoms with Crippen molar-refractivity contribution in [1.82, 2.24) is 9.55 Å². The van der Waals surface area contributed by atoms with Gasteiger partial charge in [0.15, 0.2) is 5.16 Å². The average molecular weight is 358 g/mol. The van der Waals surface area contributed by atoms with Gasteiger partial charge in [0.05, 0.1) is 23.3 Å². The lowest BCUT2D eigenvalue weighted by molar-refractivity contribution is -0.115. The Morgan fingerprint density at radius 3 is 2.58 bits per heavy atom. The zero-order valence-corrected chi connectivity index (χ0v) is 14.6. The van der Waals surface area contributed by atoms with Crippen molar-refractivity contribution in [3.05, 3.63) is 65.3 Å². The fourth-order valence-electron chi connectivity index (χ4n) is 2.44. The molecule has 0 unspecified atom stereocenters. The first-order valence-electron chi connectivity index (χ1n) is 7.37. The van der Waals surface area contributed by atoms with Crippen LogP contribution in [0.15, 0.2) is 59.9 Å². The van der Waals surface area contributed by atoms with Gasteiger partial charge in [0.1, 0.15) is 0 Å². The lowest BCUT2D eigenvalue weighted by Gasteiger charge is -2.14. The molecule has 0 fully saturated rings. The second kappa shape index (κ2) is 7.11. The molecule has 24 heavy (non-hydrogen) atoms. The van der Waals surface area contributed by atoms with Gasteiger partial charge in [-0.1, -0.05) is 53.7 Å². The van der Waals surface area contributed by atoms with Gasteiger partial charge >= 0.3 is 0 Å². The Morgan fingerprint density at radius 2 is 1.92 bits per heavy atom. The Kier molecular flexibility index (Phi) is 4.92. The molecule has 4 nitrogen and oxygen atoms in total. The number of benzene rings is 2. The molecule has 3 rings (SSSR count). The molecule has 0 aliphatic heterocycles. The summed E-state index contributed by atoms with van der Waals surface area (Å²) in [6, 6.07) is 15.7. The maximum Gasteiger partial charge on any atom is 0.227 e. The van der Waals surface area contributed by atoms with Gasteiger partial charge in [-0.3, -0.25) is 9.36 Å². The van der Waals surface area contributed by atoms with E-state index in [2.05, 4.69) is 4.98 Å². The summed E-state index contributed by atoms with van der Waals surface area (Å²) in [7, 11) is 0. The van der Waals surface area contributed by atoms with Gasteiger partial charge in [-0.05, 0) is 30.7 Å². The van der Waals surface area contributed by atoms with Crippen molar-refractivity contribution < 1.29 is 4.79 Å². The molecular formula is C18H16ClN3OS. The molecule has 3 aromatic rings. The second-order valence-corrected chi connectivity index (χ2v) is 6.69. The molecule has 0 spiro atoms. The van der Waals surface area contributed by atoms with E-state index in [9.17, 15) is 4.79 Å². The Bertz CT molecular complexity index is 874. The second-order valence-electron chi connectivity index (χ2n) is 5.31. The fraction of sp³-hybridized carbons (Fsp3) is 0.111. The summed E-state index contributed by atoms with van der Waals surface area (Å²) in [5.41, 5.74) is 9.36. The summed E-state index contributed by atoms with van der Waals surface area (Å²) in [5, 5.41) is 1.41. The van der Waals surface area contributed by atoms with E-state index >= 15 is 0 Å². The average Bonchev–Trinajstić information content (AvgIpc) is 2.98. The van der Waals surface area contributed by atoms with Crippen LogP contribution in [0.25, 0.3) is 16.9 Å². The first-order valence-corrected chi connectivity index (χ1v) is 8.73. The number of thioether (sulfide) groups is 1. The molecule has 0 radical (unpaired) electrons. The molecule has 2 aromatic carbocycles. The zero-order chi connectivity index (χ0) is 17.1. The van der Waals surface area contributed by atoms with Crippen molar-refractivity contribution >= 4 is 29.3 Å². The number of aromatic nitrogens is 2. The summed E-state index contributed by atoms with van der Waals surface area (Å²) in [6.07, 6.45) is 1.80. The third-order valence-corrected chi connectivity index (χ3v) is 4.80. The fourth-order valence-corrected chi connectivity index (χ4v) is 3.29. The smallest absolute Gasteiger partial charge is 0.227 e. The van der Waals surface area contributed by atoms with Gasteiger partial charge in [0.25, 0.3) is 0 Å². The predicted molar refractivity (Wildman–Crippen MR) is 98.7 cm³/mol. The van der Waals surface area contributed by atoms with Gasteiger partial charge in [0, 0.05) is 10.6 Å². The maximum atomic E-state index is 11.2. The highest BCUT2D eigenvalue weighted by Gasteiger charge is 2.16. The molecule has 0 saturated heterocycles. The van der Waals surface area contributed by atoms with Crippen molar-refractivity contribution in [1.29, 1.82) is 0 Å². The standard InChI is InChI=1S/C18H16ClN3OS/c1-12-4-2-3-5-15(12)22-16(13-6-8-14(19)9-7-13)10-21-18(22)24-11-17(20)23/h2-10H,11H2,1H3,(H2,20,23). The van der Waals surface area contributed by atoms with Gasteiger partial charge in [-0.25, -0.2) is 4.98 Å². The van der Waals surface area contributed by atoms with Crippen LogP contribution in [0.1, 0.15) is 5.56 Å². The van der Waals surface area contributed by atoms with E-state index in [1.165, 1.54) is 11.8 Å². The van der Waals surface area contributed by atoms with Crippen LogP contribution in [0.2, 0.25) is 5.02 Å². The Balaban J connectivity index is 2.14. The lowest BCUT2D eigenvalue weighted by atomic mass is 10.1. The van der Waals surface area contributed by atoms with Crippen LogP contribution in [0.3, 0.4) is 0 Å². The molecule has 0 aliphatic carbocycles. The van der Waals surface area contributed by atoms with Crippen LogP contribution in [0.4, 0.5) is 0 Å². The van der Waals surface area contributed by atoms with Gasteiger partial charge in [0.2, 0.25) is 5.91 Å². The van der Waals surface area contributed by atoms with E-state index in [-0.39, 0.29) is 11.7 Å². The molecule has 0 atom stereocenters. The number of halogens is 1. The van der Waals surface area contributed by atoms with Crippen molar-refractivity contribution in [2.75, 3.05) is 5.75 Å². The topological polar surface area (TPSA) is 60.9 Å². The van der Waals surface area contributed by atoms with E-state index in [1.807, 2.05) is 60.0 Å². The third-order valence-electron chi connectivity index (χ3n) is 3.57. The molecule has 2 N–H and O–H groups in total. The van der Waals surface area contributed by atoms with Crippen LogP contribution in [0, 0.1) is 6.92 Å². The molecule has 122 valence electrons.